The summed E-state index contributed by atoms with van der Waals surface area (Å²) in [4.78, 5) is 20.8. The number of thiophene rings is 1. The van der Waals surface area contributed by atoms with Crippen LogP contribution in [0.4, 0.5) is 5.69 Å². The van der Waals surface area contributed by atoms with Crippen LogP contribution in [-0.4, -0.2) is 30.6 Å². The molecule has 0 bridgehead atoms. The molecule has 0 aliphatic rings. The zero-order valence-electron chi connectivity index (χ0n) is 16.5. The van der Waals surface area contributed by atoms with Crippen LogP contribution in [0.1, 0.15) is 11.8 Å². The number of hydrogen-bond donors (Lipinski definition) is 0. The van der Waals surface area contributed by atoms with E-state index in [-0.39, 0.29) is 0 Å². The third kappa shape index (κ3) is 5.82. The first-order chi connectivity index (χ1) is 14.1. The van der Waals surface area contributed by atoms with Crippen LogP contribution < -0.4 is 4.74 Å². The Hall–Kier alpha value is -2.83. The van der Waals surface area contributed by atoms with E-state index in [1.807, 2.05) is 49.4 Å². The van der Waals surface area contributed by atoms with Gasteiger partial charge in [0, 0.05) is 16.8 Å². The fraction of sp³-hybridized carbons (Fsp3) is 0.130. The highest BCUT2D eigenvalue weighted by Gasteiger charge is 2.09. The minimum absolute atomic E-state index is 0.631. The highest BCUT2D eigenvalue weighted by Crippen LogP contribution is 2.32. The van der Waals surface area contributed by atoms with E-state index in [9.17, 15) is 4.79 Å². The number of nitrogens with zero attached hydrogens (tertiary/aromatic N) is 2. The monoisotopic (exact) mass is 422 g/mol. The van der Waals surface area contributed by atoms with E-state index < -0.39 is 0 Å². The van der Waals surface area contributed by atoms with Crippen molar-refractivity contribution < 1.29 is 9.53 Å². The summed E-state index contributed by atoms with van der Waals surface area (Å²) in [6.45, 7) is 2.02. The number of amides is 1. The maximum atomic E-state index is 11.3. The van der Waals surface area contributed by atoms with Crippen molar-refractivity contribution in [2.45, 2.75) is 6.92 Å². The zero-order valence-corrected chi connectivity index (χ0v) is 18.2. The molecule has 6 heteroatoms. The molecule has 0 N–H and O–H groups in total. The molecule has 0 saturated carbocycles. The van der Waals surface area contributed by atoms with E-state index in [4.69, 9.17) is 4.74 Å². The van der Waals surface area contributed by atoms with Gasteiger partial charge >= 0.3 is 0 Å². The lowest BCUT2D eigenvalue weighted by atomic mass is 10.2. The Morgan fingerprint density at radius 3 is 2.45 bits per heavy atom. The van der Waals surface area contributed by atoms with Crippen molar-refractivity contribution in [1.82, 2.24) is 4.90 Å². The molecular weight excluding hydrogens is 400 g/mol. The van der Waals surface area contributed by atoms with Gasteiger partial charge in [0.25, 0.3) is 0 Å². The molecule has 0 atom stereocenters. The molecule has 1 heterocycles. The molecule has 0 unspecified atom stereocenters. The maximum Gasteiger partial charge on any atom is 0.215 e. The van der Waals surface area contributed by atoms with Gasteiger partial charge in [0.05, 0.1) is 12.8 Å². The van der Waals surface area contributed by atoms with Gasteiger partial charge in [0.15, 0.2) is 5.17 Å². The molecule has 2 aromatic carbocycles. The summed E-state index contributed by atoms with van der Waals surface area (Å²) in [5.74, 6) is 0.849. The van der Waals surface area contributed by atoms with Crippen molar-refractivity contribution in [3.8, 4) is 16.2 Å². The fourth-order valence-corrected chi connectivity index (χ4v) is 4.45. The molecule has 0 radical (unpaired) electrons. The van der Waals surface area contributed by atoms with Crippen molar-refractivity contribution in [2.24, 2.45) is 4.99 Å². The Kier molecular flexibility index (Phi) is 7.27. The summed E-state index contributed by atoms with van der Waals surface area (Å²) in [6.07, 6.45) is 2.89. The third-order valence-electron chi connectivity index (χ3n) is 4.04. The lowest BCUT2D eigenvalue weighted by Crippen LogP contribution is -2.21. The number of methoxy groups -OCH3 is 1. The third-order valence-corrected chi connectivity index (χ3v) is 6.12. The second-order valence-corrected chi connectivity index (χ2v) is 8.56. The second kappa shape index (κ2) is 10.1. The number of carbonyl (C=O) groups is 1. The van der Waals surface area contributed by atoms with Gasteiger partial charge in [-0.2, -0.15) is 0 Å². The van der Waals surface area contributed by atoms with Crippen LogP contribution in [0.2, 0.25) is 0 Å². The Labute approximate surface area is 179 Å². The molecule has 3 rings (SSSR count). The van der Waals surface area contributed by atoms with Crippen molar-refractivity contribution >= 4 is 46.4 Å². The molecule has 4 nitrogen and oxygen atoms in total. The van der Waals surface area contributed by atoms with E-state index in [1.54, 1.807) is 25.5 Å². The minimum Gasteiger partial charge on any atom is -0.497 e. The first-order valence-electron chi connectivity index (χ1n) is 9.01. The number of para-hydroxylation sites is 1. The smallest absolute Gasteiger partial charge is 0.215 e. The fourth-order valence-electron chi connectivity index (χ4n) is 2.55. The second-order valence-electron chi connectivity index (χ2n) is 6.23. The predicted molar refractivity (Wildman–Crippen MR) is 125 cm³/mol. The van der Waals surface area contributed by atoms with Gasteiger partial charge in [-0.25, -0.2) is 4.99 Å². The average Bonchev–Trinajstić information content (AvgIpc) is 3.21. The highest BCUT2D eigenvalue weighted by atomic mass is 32.2. The summed E-state index contributed by atoms with van der Waals surface area (Å²) in [7, 11) is 3.38. The quantitative estimate of drug-likeness (QED) is 0.266. The lowest BCUT2D eigenvalue weighted by molar-refractivity contribution is -0.113. The van der Waals surface area contributed by atoms with Crippen LogP contribution in [0.3, 0.4) is 0 Å². The van der Waals surface area contributed by atoms with Gasteiger partial charge in [0.2, 0.25) is 6.41 Å². The SMILES string of the molecule is COc1ccc(-c2ccc(/C=C(/C)SC(=Nc3ccccc3)N(C)C=O)s2)cc1. The number of benzene rings is 2. The molecule has 3 aromatic rings. The Balaban J connectivity index is 1.78. The molecule has 0 saturated heterocycles. The summed E-state index contributed by atoms with van der Waals surface area (Å²) in [6, 6.07) is 21.9. The van der Waals surface area contributed by atoms with Crippen LogP contribution in [0.25, 0.3) is 16.5 Å². The topological polar surface area (TPSA) is 41.9 Å². The maximum absolute atomic E-state index is 11.3. The number of amidine groups is 1. The molecule has 148 valence electrons. The summed E-state index contributed by atoms with van der Waals surface area (Å²) in [5, 5.41) is 0.631. The first-order valence-corrected chi connectivity index (χ1v) is 10.6. The van der Waals surface area contributed by atoms with E-state index in [2.05, 4.69) is 35.3 Å². The Bertz CT molecular complexity index is 1010. The Morgan fingerprint density at radius 2 is 1.79 bits per heavy atom. The molecule has 0 aliphatic heterocycles. The van der Waals surface area contributed by atoms with Crippen LogP contribution in [0, 0.1) is 0 Å². The van der Waals surface area contributed by atoms with Crippen molar-refractivity contribution in [3.05, 3.63) is 76.5 Å². The number of aliphatic imine (C=N–C) groups is 1. The normalized spacial score (nSPS) is 12.0. The van der Waals surface area contributed by atoms with E-state index >= 15 is 0 Å². The van der Waals surface area contributed by atoms with Crippen molar-refractivity contribution in [1.29, 1.82) is 0 Å². The minimum atomic E-state index is 0.631. The molecule has 0 fully saturated rings. The number of ether oxygens (including phenoxy) is 1. The number of carbonyl (C=O) groups excluding carboxylic acids is 1. The molecule has 0 spiro atoms. The number of thioether (sulfide) groups is 1. The average molecular weight is 423 g/mol. The Morgan fingerprint density at radius 1 is 1.07 bits per heavy atom. The standard InChI is InChI=1S/C23H22N2O2S2/c1-17(28-23(25(2)16-26)24-19-7-5-4-6-8-19)15-21-13-14-22(29-21)18-9-11-20(27-3)12-10-18/h4-16H,1-3H3/b17-15-,24-23?. The summed E-state index contributed by atoms with van der Waals surface area (Å²) in [5.41, 5.74) is 1.97. The van der Waals surface area contributed by atoms with Gasteiger partial charge in [0.1, 0.15) is 5.75 Å². The van der Waals surface area contributed by atoms with Gasteiger partial charge in [-0.05, 0) is 72.0 Å². The predicted octanol–water partition coefficient (Wildman–Crippen LogP) is 6.29. The highest BCUT2D eigenvalue weighted by molar-refractivity contribution is 8.17. The number of rotatable bonds is 6. The van der Waals surface area contributed by atoms with Crippen LogP contribution in [-0.2, 0) is 4.79 Å². The molecule has 29 heavy (non-hydrogen) atoms. The van der Waals surface area contributed by atoms with Crippen LogP contribution in [0.5, 0.6) is 5.75 Å². The molecular formula is C23H22N2O2S2. The lowest BCUT2D eigenvalue weighted by Gasteiger charge is -2.13. The van der Waals surface area contributed by atoms with Gasteiger partial charge in [-0.3, -0.25) is 9.69 Å². The van der Waals surface area contributed by atoms with Gasteiger partial charge < -0.3 is 4.74 Å². The summed E-state index contributed by atoms with van der Waals surface area (Å²) >= 11 is 3.19. The molecule has 1 aromatic heterocycles. The largest absolute Gasteiger partial charge is 0.497 e. The molecule has 0 aliphatic carbocycles. The van der Waals surface area contributed by atoms with E-state index in [0.717, 1.165) is 33.2 Å². The van der Waals surface area contributed by atoms with E-state index in [1.165, 1.54) is 21.5 Å². The first kappa shape index (κ1) is 20.9. The van der Waals surface area contributed by atoms with Gasteiger partial charge in [-0.15, -0.1) is 11.3 Å². The van der Waals surface area contributed by atoms with Gasteiger partial charge in [-0.1, -0.05) is 30.0 Å². The molecule has 1 amide bonds. The number of hydrogen-bond acceptors (Lipinski definition) is 5. The van der Waals surface area contributed by atoms with Crippen molar-refractivity contribution in [2.75, 3.05) is 14.2 Å². The van der Waals surface area contributed by atoms with Crippen LogP contribution >= 0.6 is 23.1 Å². The number of allylic oxidation sites excluding steroid dienone is 1. The van der Waals surface area contributed by atoms with E-state index in [0.29, 0.717) is 5.17 Å². The summed E-state index contributed by atoms with van der Waals surface area (Å²) < 4.78 is 5.22. The zero-order chi connectivity index (χ0) is 20.6. The van der Waals surface area contributed by atoms with Crippen LogP contribution in [0.15, 0.2) is 76.6 Å². The van der Waals surface area contributed by atoms with Crippen molar-refractivity contribution in [3.63, 3.8) is 0 Å².